The molecule has 8 N–H and O–H groups in total. The number of carbonyl (C=O) groups excluding carboxylic acids is 8. The van der Waals surface area contributed by atoms with E-state index >= 15 is 0 Å². The van der Waals surface area contributed by atoms with E-state index in [1.165, 1.54) is 0 Å². The summed E-state index contributed by atoms with van der Waals surface area (Å²) in [6, 6.07) is 42.8. The Bertz CT molecular complexity index is 7120. The van der Waals surface area contributed by atoms with Crippen molar-refractivity contribution in [3.8, 4) is 44.5 Å². The number of hydrogen-bond donors (Lipinski definition) is 8. The molecule has 8 fully saturated rings. The van der Waals surface area contributed by atoms with Crippen molar-refractivity contribution in [1.82, 2.24) is 39.9 Å². The minimum atomic E-state index is -2.04. The fraction of sp³-hybridized carbons (Fsp3) is 0.390. The van der Waals surface area contributed by atoms with E-state index in [4.69, 9.17) is 39.9 Å². The zero-order chi connectivity index (χ0) is 102. The SMILES string of the molecule is CC1(C)C[C@@H]1C(=O)Nc1cc([Si](C)(C)C)cc(NC(=O)[C@@H]2CC2(C)C)c1-c1c2nc(cc3ccc([n-]3)c(-c3c(NC(=O)[C@H]4CC4(C)C)cc([Si](C)(C)C)cc3NC(=O)[C@@H]3CC3(C)C)c3nc(cc4ccc1[n-]4)C=C3)C=C2.CC1(C)C[C@@H]1C(=O)Nc1cccc(NC(=O)[C@@H]2CC2(C)C)c1-c1c2nc(cc3ccc([n-]3)c(-c3c(NC(=O)[C@H]4CC4(C)C)cccc3NC(=O)[C@@H]3CC3(C)C)c3nc(cc4ccc1[n-]4)C=C3)C=C2.[Co+2].[Co+2]. The number of hydrogen-bond acceptors (Lipinski definition) is 12. The van der Waals surface area contributed by atoms with Gasteiger partial charge in [-0.2, -0.15) is 0 Å². The number of anilines is 8. The Balaban J connectivity index is 0.000000183. The molecular formula is C118H128Co2N16O8Si2. The van der Waals surface area contributed by atoms with Crippen LogP contribution in [0.1, 0.15) is 208 Å². The van der Waals surface area contributed by atoms with Crippen molar-refractivity contribution in [2.24, 2.45) is 90.7 Å². The molecule has 8 atom stereocenters. The van der Waals surface area contributed by atoms with Crippen LogP contribution in [0, 0.1) is 90.7 Å². The third-order valence-corrected chi connectivity index (χ3v) is 36.4. The van der Waals surface area contributed by atoms with Gasteiger partial charge >= 0.3 is 33.6 Å². The fourth-order valence-electron chi connectivity index (χ4n) is 21.2. The molecule has 10 aromatic rings. The molecule has 0 spiro atoms. The van der Waals surface area contributed by atoms with E-state index in [1.54, 1.807) is 0 Å². The fourth-order valence-corrected chi connectivity index (χ4v) is 23.5. The summed E-state index contributed by atoms with van der Waals surface area (Å²) in [6.45, 7) is 47.3. The number of carbonyl (C=O) groups is 8. The van der Waals surface area contributed by atoms with Crippen LogP contribution in [0.25, 0.3) is 137 Å². The Labute approximate surface area is 875 Å². The van der Waals surface area contributed by atoms with Gasteiger partial charge in [0.05, 0.1) is 107 Å². The van der Waals surface area contributed by atoms with Gasteiger partial charge in [0.25, 0.3) is 0 Å². The summed E-state index contributed by atoms with van der Waals surface area (Å²) in [5.41, 5.74) is 18.9. The summed E-state index contributed by atoms with van der Waals surface area (Å²) in [4.78, 5) is 154. The minimum absolute atomic E-state index is 0. The molecule has 28 heteroatoms. The first kappa shape index (κ1) is 102. The Kier molecular flexibility index (Phi) is 25.2. The van der Waals surface area contributed by atoms with Crippen LogP contribution in [-0.2, 0) is 71.9 Å². The molecular weight excluding hydrogens is 1940 g/mol. The van der Waals surface area contributed by atoms with Crippen molar-refractivity contribution in [1.29, 1.82) is 0 Å². The van der Waals surface area contributed by atoms with Crippen LogP contribution in [0.2, 0.25) is 39.3 Å². The standard InChI is InChI=1S/C62H74N8O4Si2.C56H58N8O4.2Co/c1-59(2)29-39(59)55(71)67-47-25-37(75(9,10)11)26-48(68-56(72)40-30-60(40,3)4)53(47)51-43-19-15-33(63-43)23-35-17-21-45(65-35)52(46-22-18-36(66-46)24-34-16-20-44(51)64-34)54-49(69-57(73)41-31-61(41,5)6)27-38(76(12,13)14)28-50(54)70-58(74)42-32-62(42,7)8;1-53(2)25-33(53)49(65)61-37-11-9-12-38(62-50(66)34-26-54(34,3)4)45(37)47-41-19-15-29(57-41)23-31-17-21-43(59-31)48(44-22-18-32(60-44)24-30-16-20-42(47)58-30)46-39(63-51(67)35-27-55(35,5)6)13-10-14-40(46)64-52(68)36-28-56(36,7)8;;/h15-28,39-42H,29-32H2,1-14H3,(H6,63,64,65,66,67,68,69,70,71,72,73,74);9-24,33-36H,25-28H2,1-8H3,(H6,57,58,59,60,61,62,63,64,65,66,67,68);;/q;;2*+2/p-4/t39-,40+,41-,42+;33-,34+,35-,36+;;. The zero-order valence-electron chi connectivity index (χ0n) is 87.1. The van der Waals surface area contributed by atoms with E-state index in [0.29, 0.717) is 180 Å². The van der Waals surface area contributed by atoms with Crippen LogP contribution < -0.4 is 72.8 Å². The Morgan fingerprint density at radius 3 is 0.568 bits per heavy atom. The van der Waals surface area contributed by atoms with Gasteiger partial charge in [-0.15, -0.1) is 44.1 Å². The third kappa shape index (κ3) is 20.3. The van der Waals surface area contributed by atoms with Crippen LogP contribution in [-0.4, -0.2) is 83.3 Å². The molecule has 16 bridgehead atoms. The monoisotopic (exact) mass is 2070 g/mol. The van der Waals surface area contributed by atoms with Crippen LogP contribution in [0.3, 0.4) is 0 Å². The summed E-state index contributed by atoms with van der Waals surface area (Å²) >= 11 is 0. The van der Waals surface area contributed by atoms with Crippen molar-refractivity contribution < 1.29 is 71.9 Å². The molecule has 6 aromatic heterocycles. The summed E-state index contributed by atoms with van der Waals surface area (Å²) < 4.78 is 0. The van der Waals surface area contributed by atoms with Gasteiger partial charge in [-0.1, -0.05) is 245 Å². The molecule has 12 aliphatic rings. The number of nitrogens with zero attached hydrogens (tertiary/aromatic N) is 8. The maximum Gasteiger partial charge on any atom is 2.00 e. The van der Waals surface area contributed by atoms with Gasteiger partial charge in [0, 0.05) is 69.6 Å². The second-order valence-electron chi connectivity index (χ2n) is 49.8. The van der Waals surface area contributed by atoms with Gasteiger partial charge in [0.1, 0.15) is 0 Å². The first-order valence-electron chi connectivity index (χ1n) is 50.8. The largest absolute Gasteiger partial charge is 2.00 e. The molecule has 4 aliphatic heterocycles. The van der Waals surface area contributed by atoms with E-state index in [2.05, 4.69) is 217 Å². The molecule has 146 heavy (non-hydrogen) atoms. The van der Waals surface area contributed by atoms with Crippen molar-refractivity contribution >= 4 is 212 Å². The molecule has 0 unspecified atom stereocenters. The van der Waals surface area contributed by atoms with Gasteiger partial charge < -0.3 is 62.5 Å². The van der Waals surface area contributed by atoms with E-state index in [1.807, 2.05) is 158 Å². The minimum Gasteiger partial charge on any atom is -0.657 e. The maximum absolute atomic E-state index is 14.2. The van der Waals surface area contributed by atoms with Gasteiger partial charge in [-0.25, -0.2) is 19.9 Å². The first-order chi connectivity index (χ1) is 67.7. The predicted octanol–water partition coefficient (Wildman–Crippen LogP) is 23.5. The summed E-state index contributed by atoms with van der Waals surface area (Å²) in [5.74, 6) is -1.62. The number of aromatic nitrogens is 8. The summed E-state index contributed by atoms with van der Waals surface area (Å²) in [7, 11) is -4.07. The van der Waals surface area contributed by atoms with Crippen LogP contribution in [0.4, 0.5) is 45.5 Å². The molecule has 8 saturated carbocycles. The zero-order valence-corrected chi connectivity index (χ0v) is 91.2. The van der Waals surface area contributed by atoms with E-state index < -0.39 is 16.1 Å². The van der Waals surface area contributed by atoms with Gasteiger partial charge in [-0.05, 0) is 214 Å². The van der Waals surface area contributed by atoms with Gasteiger partial charge in [0.15, 0.2) is 0 Å². The Hall–Kier alpha value is -12.7. The molecule has 0 saturated heterocycles. The van der Waals surface area contributed by atoms with Crippen molar-refractivity contribution in [3.05, 3.63) is 179 Å². The van der Waals surface area contributed by atoms with Crippen LogP contribution in [0.5, 0.6) is 0 Å². The second kappa shape index (κ2) is 36.1. The molecule has 8 aliphatic carbocycles. The Morgan fingerprint density at radius 2 is 0.404 bits per heavy atom. The molecule has 2 radical (unpaired) electrons. The normalized spacial score (nSPS) is 21.8. The van der Waals surface area contributed by atoms with Crippen molar-refractivity contribution in [2.75, 3.05) is 42.5 Å². The van der Waals surface area contributed by atoms with Crippen molar-refractivity contribution in [3.63, 3.8) is 0 Å². The quantitative estimate of drug-likeness (QED) is 0.0292. The second-order valence-corrected chi connectivity index (χ2v) is 60.0. The van der Waals surface area contributed by atoms with Crippen LogP contribution in [0.15, 0.2) is 133 Å². The molecule has 8 amide bonds. The van der Waals surface area contributed by atoms with Gasteiger partial charge in [0.2, 0.25) is 47.3 Å². The van der Waals surface area contributed by atoms with E-state index in [0.717, 1.165) is 61.7 Å². The predicted molar refractivity (Wildman–Crippen MR) is 585 cm³/mol. The summed E-state index contributed by atoms with van der Waals surface area (Å²) in [6.07, 6.45) is 21.9. The average molecular weight is 2070 g/mol. The number of rotatable bonds is 22. The number of benzene rings is 4. The number of fused-ring (bicyclic) bond motifs is 16. The first-order valence-corrected chi connectivity index (χ1v) is 57.8. The number of amides is 8. The molecule has 10 heterocycles. The molecule has 22 rings (SSSR count). The maximum atomic E-state index is 14.2. The van der Waals surface area contributed by atoms with Crippen molar-refractivity contribution in [2.45, 2.75) is 201 Å². The van der Waals surface area contributed by atoms with Crippen LogP contribution >= 0.6 is 0 Å². The smallest absolute Gasteiger partial charge is 0.657 e. The average Bonchev–Trinajstić information content (AvgIpc) is 1.64. The molecule has 24 nitrogen and oxygen atoms in total. The number of nitrogens with one attached hydrogen (secondary N) is 8. The molecule has 754 valence electrons. The van der Waals surface area contributed by atoms with E-state index in [-0.39, 0.29) is 171 Å². The topological polar surface area (TPSA) is 341 Å². The third-order valence-electron chi connectivity index (χ3n) is 32.4. The van der Waals surface area contributed by atoms with E-state index in [9.17, 15) is 38.4 Å². The van der Waals surface area contributed by atoms with Gasteiger partial charge in [-0.3, -0.25) is 38.4 Å². The summed E-state index contributed by atoms with van der Waals surface area (Å²) in [5, 5.41) is 28.7. The Morgan fingerprint density at radius 1 is 0.240 bits per heavy atom. The molecule has 4 aromatic carbocycles.